The molecule has 0 amide bonds. The highest BCUT2D eigenvalue weighted by molar-refractivity contribution is 6.34. The highest BCUT2D eigenvalue weighted by Gasteiger charge is 2.19. The Morgan fingerprint density at radius 3 is 2.77 bits per heavy atom. The molecule has 0 unspecified atom stereocenters. The van der Waals surface area contributed by atoms with Crippen LogP contribution >= 0.6 is 11.6 Å². The van der Waals surface area contributed by atoms with Crippen LogP contribution in [0.3, 0.4) is 0 Å². The van der Waals surface area contributed by atoms with Crippen molar-refractivity contribution in [3.05, 3.63) is 47.2 Å². The number of hydrogen-bond acceptors (Lipinski definition) is 3. The molecule has 0 spiro atoms. The molecule has 0 bridgehead atoms. The zero-order valence-corrected chi connectivity index (χ0v) is 15.7. The molecule has 26 heavy (non-hydrogen) atoms. The van der Waals surface area contributed by atoms with E-state index in [1.54, 1.807) is 0 Å². The first-order chi connectivity index (χ1) is 12.6. The molecular weight excluding hydrogens is 346 g/mol. The number of aliphatic hydroxyl groups excluding tert-OH is 1. The second-order valence-electron chi connectivity index (χ2n) is 7.36. The zero-order valence-electron chi connectivity index (χ0n) is 14.9. The summed E-state index contributed by atoms with van der Waals surface area (Å²) in [6.07, 6.45) is 7.66. The molecule has 1 saturated carbocycles. The molecule has 0 saturated heterocycles. The SMILES string of the molecule is Cc1ccc2[nH]cc(-c3cnc(NCC4CCC(O)CC4)cc3Cl)c2c1. The molecule has 2 heterocycles. The quantitative estimate of drug-likeness (QED) is 0.595. The minimum atomic E-state index is -0.113. The Morgan fingerprint density at radius 1 is 1.19 bits per heavy atom. The van der Waals surface area contributed by atoms with Gasteiger partial charge in [-0.25, -0.2) is 4.98 Å². The van der Waals surface area contributed by atoms with Crippen LogP contribution in [0.1, 0.15) is 31.2 Å². The Labute approximate surface area is 158 Å². The van der Waals surface area contributed by atoms with Gasteiger partial charge in [-0.2, -0.15) is 0 Å². The highest BCUT2D eigenvalue weighted by Crippen LogP contribution is 2.34. The maximum atomic E-state index is 9.61. The topological polar surface area (TPSA) is 60.9 Å². The fourth-order valence-electron chi connectivity index (χ4n) is 3.78. The number of benzene rings is 1. The molecule has 1 fully saturated rings. The van der Waals surface area contributed by atoms with Gasteiger partial charge in [-0.05, 0) is 56.7 Å². The molecule has 136 valence electrons. The van der Waals surface area contributed by atoms with E-state index in [2.05, 4.69) is 40.4 Å². The van der Waals surface area contributed by atoms with E-state index in [9.17, 15) is 5.11 Å². The lowest BCUT2D eigenvalue weighted by molar-refractivity contribution is 0.111. The molecule has 3 N–H and O–H groups in total. The van der Waals surface area contributed by atoms with Gasteiger partial charge in [0.2, 0.25) is 0 Å². The van der Waals surface area contributed by atoms with Crippen LogP contribution in [-0.4, -0.2) is 27.7 Å². The van der Waals surface area contributed by atoms with Crippen LogP contribution < -0.4 is 5.32 Å². The van der Waals surface area contributed by atoms with E-state index in [1.807, 2.05) is 18.5 Å². The summed E-state index contributed by atoms with van der Waals surface area (Å²) < 4.78 is 0. The third kappa shape index (κ3) is 3.57. The van der Waals surface area contributed by atoms with Gasteiger partial charge in [0.15, 0.2) is 0 Å². The molecule has 0 radical (unpaired) electrons. The van der Waals surface area contributed by atoms with Crippen molar-refractivity contribution in [2.75, 3.05) is 11.9 Å². The van der Waals surface area contributed by atoms with Gasteiger partial charge in [-0.1, -0.05) is 23.2 Å². The molecule has 2 aromatic heterocycles. The van der Waals surface area contributed by atoms with E-state index < -0.39 is 0 Å². The number of H-pyrrole nitrogens is 1. The second kappa shape index (κ2) is 7.29. The first-order valence-electron chi connectivity index (χ1n) is 9.26. The number of fused-ring (bicyclic) bond motifs is 1. The van der Waals surface area contributed by atoms with Gasteiger partial charge in [-0.3, -0.25) is 0 Å². The molecule has 0 aliphatic heterocycles. The van der Waals surface area contributed by atoms with Gasteiger partial charge in [0.1, 0.15) is 5.82 Å². The largest absolute Gasteiger partial charge is 0.393 e. The average Bonchev–Trinajstić information content (AvgIpc) is 3.04. The van der Waals surface area contributed by atoms with Crippen molar-refractivity contribution in [3.8, 4) is 11.1 Å². The summed E-state index contributed by atoms with van der Waals surface area (Å²) in [5.41, 5.74) is 4.34. The predicted octanol–water partition coefficient (Wildman–Crippen LogP) is 5.15. The van der Waals surface area contributed by atoms with Crippen LogP contribution in [0.5, 0.6) is 0 Å². The summed E-state index contributed by atoms with van der Waals surface area (Å²) in [5.74, 6) is 1.40. The zero-order chi connectivity index (χ0) is 18.1. The number of nitrogens with one attached hydrogen (secondary N) is 2. The molecule has 1 aromatic carbocycles. The Kier molecular flexibility index (Phi) is 4.88. The van der Waals surface area contributed by atoms with Crippen molar-refractivity contribution in [3.63, 3.8) is 0 Å². The van der Waals surface area contributed by atoms with Crippen LogP contribution in [0.2, 0.25) is 5.02 Å². The number of aliphatic hydroxyl groups is 1. The van der Waals surface area contributed by atoms with Gasteiger partial charge in [0, 0.05) is 41.0 Å². The van der Waals surface area contributed by atoms with Crippen molar-refractivity contribution in [1.29, 1.82) is 0 Å². The maximum absolute atomic E-state index is 9.61. The summed E-state index contributed by atoms with van der Waals surface area (Å²) in [6, 6.07) is 8.26. The van der Waals surface area contributed by atoms with Gasteiger partial charge in [0.25, 0.3) is 0 Å². The molecule has 5 heteroatoms. The molecule has 0 atom stereocenters. The van der Waals surface area contributed by atoms with Crippen LogP contribution in [0, 0.1) is 12.8 Å². The number of aromatic amines is 1. The van der Waals surface area contributed by atoms with E-state index in [-0.39, 0.29) is 6.10 Å². The summed E-state index contributed by atoms with van der Waals surface area (Å²) in [7, 11) is 0. The number of nitrogens with zero attached hydrogens (tertiary/aromatic N) is 1. The fourth-order valence-corrected chi connectivity index (χ4v) is 4.03. The lowest BCUT2D eigenvalue weighted by atomic mass is 9.87. The van der Waals surface area contributed by atoms with Crippen LogP contribution in [0.25, 0.3) is 22.0 Å². The van der Waals surface area contributed by atoms with Gasteiger partial charge in [-0.15, -0.1) is 0 Å². The number of halogens is 1. The first-order valence-corrected chi connectivity index (χ1v) is 9.63. The molecule has 4 nitrogen and oxygen atoms in total. The number of aromatic nitrogens is 2. The van der Waals surface area contributed by atoms with Crippen molar-refractivity contribution < 1.29 is 5.11 Å². The summed E-state index contributed by atoms with van der Waals surface area (Å²) in [5, 5.41) is 14.9. The van der Waals surface area contributed by atoms with Gasteiger partial charge in [0.05, 0.1) is 11.1 Å². The Morgan fingerprint density at radius 2 is 2.00 bits per heavy atom. The van der Waals surface area contributed by atoms with Crippen molar-refractivity contribution in [2.45, 2.75) is 38.7 Å². The lowest BCUT2D eigenvalue weighted by Gasteiger charge is -2.25. The summed E-state index contributed by atoms with van der Waals surface area (Å²) in [4.78, 5) is 7.87. The number of anilines is 1. The summed E-state index contributed by atoms with van der Waals surface area (Å²) in [6.45, 7) is 2.97. The Bertz CT molecular complexity index is 913. The third-order valence-electron chi connectivity index (χ3n) is 5.37. The van der Waals surface area contributed by atoms with E-state index in [4.69, 9.17) is 11.6 Å². The van der Waals surface area contributed by atoms with Crippen molar-refractivity contribution in [1.82, 2.24) is 9.97 Å². The molecule has 1 aliphatic carbocycles. The average molecular weight is 370 g/mol. The minimum Gasteiger partial charge on any atom is -0.393 e. The summed E-state index contributed by atoms with van der Waals surface area (Å²) >= 11 is 6.57. The molecule has 1 aliphatic rings. The highest BCUT2D eigenvalue weighted by atomic mass is 35.5. The van der Waals surface area contributed by atoms with Crippen LogP contribution in [0.15, 0.2) is 36.7 Å². The monoisotopic (exact) mass is 369 g/mol. The number of aryl methyl sites for hydroxylation is 1. The van der Waals surface area contributed by atoms with Gasteiger partial charge < -0.3 is 15.4 Å². The number of hydrogen-bond donors (Lipinski definition) is 3. The van der Waals surface area contributed by atoms with E-state index in [1.165, 1.54) is 5.56 Å². The fraction of sp³-hybridized carbons (Fsp3) is 0.381. The standard InChI is InChI=1S/C21H24ClN3O/c1-13-2-7-20-16(8-13)17(11-23-20)18-12-25-21(9-19(18)22)24-10-14-3-5-15(26)6-4-14/h2,7-9,11-12,14-15,23,26H,3-6,10H2,1H3,(H,24,25). The number of pyridine rings is 1. The maximum Gasteiger partial charge on any atom is 0.127 e. The van der Waals surface area contributed by atoms with E-state index in [0.29, 0.717) is 10.9 Å². The normalized spacial score (nSPS) is 20.4. The van der Waals surface area contributed by atoms with Gasteiger partial charge >= 0.3 is 0 Å². The van der Waals surface area contributed by atoms with Crippen LogP contribution in [0.4, 0.5) is 5.82 Å². The minimum absolute atomic E-state index is 0.113. The van der Waals surface area contributed by atoms with Crippen LogP contribution in [-0.2, 0) is 0 Å². The number of rotatable bonds is 4. The molecule has 4 rings (SSSR count). The van der Waals surface area contributed by atoms with Crippen molar-refractivity contribution in [2.24, 2.45) is 5.92 Å². The molecule has 3 aromatic rings. The van der Waals surface area contributed by atoms with E-state index >= 15 is 0 Å². The smallest absolute Gasteiger partial charge is 0.127 e. The lowest BCUT2D eigenvalue weighted by Crippen LogP contribution is -2.23. The molecular formula is C21H24ClN3O. The Hall–Kier alpha value is -2.04. The Balaban J connectivity index is 1.51. The third-order valence-corrected chi connectivity index (χ3v) is 5.68. The van der Waals surface area contributed by atoms with E-state index in [0.717, 1.165) is 60.1 Å². The first kappa shape index (κ1) is 17.4. The predicted molar refractivity (Wildman–Crippen MR) is 108 cm³/mol. The second-order valence-corrected chi connectivity index (χ2v) is 7.76. The van der Waals surface area contributed by atoms with Crippen molar-refractivity contribution >= 4 is 28.3 Å².